The maximum absolute atomic E-state index is 12.6. The number of hydrogen-bond donors (Lipinski definition) is 1. The van der Waals surface area contributed by atoms with E-state index in [4.69, 9.17) is 24.3 Å². The summed E-state index contributed by atoms with van der Waals surface area (Å²) < 4.78 is 33.5. The molecule has 106 valence electrons. The van der Waals surface area contributed by atoms with Crippen LogP contribution < -0.4 is 15.2 Å². The fraction of sp³-hybridized carbons (Fsp3) is 0.500. The van der Waals surface area contributed by atoms with Crippen LogP contribution in [0.15, 0.2) is 18.2 Å². The van der Waals surface area contributed by atoms with Gasteiger partial charge in [-0.3, -0.25) is 4.57 Å². The molecular weight excluding hydrogens is 269 g/mol. The maximum Gasteiger partial charge on any atom is 0.351 e. The maximum atomic E-state index is 12.6. The molecule has 0 spiro atoms. The van der Waals surface area contributed by atoms with Crippen molar-refractivity contribution in [2.45, 2.75) is 19.6 Å². The molecule has 0 unspecified atom stereocenters. The van der Waals surface area contributed by atoms with Gasteiger partial charge < -0.3 is 24.3 Å². The van der Waals surface area contributed by atoms with E-state index in [0.29, 0.717) is 17.1 Å². The topological polar surface area (TPSA) is 80.0 Å². The highest BCUT2D eigenvalue weighted by molar-refractivity contribution is 7.54. The SMILES string of the molecule is CCOP(=O)(OCC)[C@H](N)c1ccc2c(c1)OCO2. The zero-order valence-corrected chi connectivity index (χ0v) is 11.9. The first-order chi connectivity index (χ1) is 9.10. The third kappa shape index (κ3) is 2.92. The molecule has 0 bridgehead atoms. The van der Waals surface area contributed by atoms with Gasteiger partial charge in [-0.1, -0.05) is 6.07 Å². The van der Waals surface area contributed by atoms with Gasteiger partial charge in [0.05, 0.1) is 13.2 Å². The fourth-order valence-corrected chi connectivity index (χ4v) is 3.48. The summed E-state index contributed by atoms with van der Waals surface area (Å²) in [5, 5.41) is 0. The summed E-state index contributed by atoms with van der Waals surface area (Å²) in [6.45, 7) is 4.23. The number of rotatable bonds is 6. The monoisotopic (exact) mass is 287 g/mol. The molecule has 1 aliphatic heterocycles. The zero-order valence-electron chi connectivity index (χ0n) is 11.0. The largest absolute Gasteiger partial charge is 0.454 e. The van der Waals surface area contributed by atoms with Crippen molar-refractivity contribution in [3.63, 3.8) is 0 Å². The number of hydrogen-bond acceptors (Lipinski definition) is 6. The Morgan fingerprint density at radius 3 is 2.53 bits per heavy atom. The molecule has 1 heterocycles. The molecule has 1 aromatic carbocycles. The van der Waals surface area contributed by atoms with Crippen molar-refractivity contribution in [1.29, 1.82) is 0 Å². The molecule has 0 aromatic heterocycles. The summed E-state index contributed by atoms with van der Waals surface area (Å²) >= 11 is 0. The third-order valence-corrected chi connectivity index (χ3v) is 4.91. The molecule has 0 saturated carbocycles. The van der Waals surface area contributed by atoms with E-state index in [-0.39, 0.29) is 20.0 Å². The molecule has 0 saturated heterocycles. The van der Waals surface area contributed by atoms with Gasteiger partial charge in [-0.05, 0) is 31.5 Å². The van der Waals surface area contributed by atoms with E-state index < -0.39 is 13.4 Å². The highest BCUT2D eigenvalue weighted by Crippen LogP contribution is 2.58. The van der Waals surface area contributed by atoms with E-state index in [1.807, 2.05) is 0 Å². The van der Waals surface area contributed by atoms with Crippen molar-refractivity contribution in [1.82, 2.24) is 0 Å². The number of fused-ring (bicyclic) bond motifs is 1. The molecule has 0 aliphatic carbocycles. The first kappa shape index (κ1) is 14.3. The molecule has 1 aromatic rings. The highest BCUT2D eigenvalue weighted by atomic mass is 31.2. The standard InChI is InChI=1S/C12H18NO5P/c1-3-17-19(14,18-4-2)12(13)9-5-6-10-11(7-9)16-8-15-10/h5-7,12H,3-4,8,13H2,1-2H3/t12-/m0/s1. The molecule has 2 rings (SSSR count). The molecule has 7 heteroatoms. The van der Waals surface area contributed by atoms with Crippen LogP contribution in [0.25, 0.3) is 0 Å². The van der Waals surface area contributed by atoms with Gasteiger partial charge in [-0.25, -0.2) is 0 Å². The lowest BCUT2D eigenvalue weighted by atomic mass is 10.2. The Labute approximate surface area is 112 Å². The van der Waals surface area contributed by atoms with Gasteiger partial charge in [0.15, 0.2) is 11.5 Å². The lowest BCUT2D eigenvalue weighted by Gasteiger charge is -2.23. The quantitative estimate of drug-likeness (QED) is 0.810. The Morgan fingerprint density at radius 2 is 1.89 bits per heavy atom. The van der Waals surface area contributed by atoms with Crippen LogP contribution in [-0.4, -0.2) is 20.0 Å². The minimum Gasteiger partial charge on any atom is -0.454 e. The van der Waals surface area contributed by atoms with Crippen molar-refractivity contribution in [2.24, 2.45) is 5.73 Å². The number of nitrogens with two attached hydrogens (primary N) is 1. The van der Waals surface area contributed by atoms with Crippen LogP contribution in [0.4, 0.5) is 0 Å². The van der Waals surface area contributed by atoms with Crippen molar-refractivity contribution < 1.29 is 23.1 Å². The Bertz CT molecular complexity index is 483. The van der Waals surface area contributed by atoms with Crippen LogP contribution in [0.2, 0.25) is 0 Å². The van der Waals surface area contributed by atoms with E-state index >= 15 is 0 Å². The van der Waals surface area contributed by atoms with E-state index in [1.165, 1.54) is 0 Å². The van der Waals surface area contributed by atoms with Gasteiger partial charge in [-0.15, -0.1) is 0 Å². The van der Waals surface area contributed by atoms with E-state index in [0.717, 1.165) is 0 Å². The minimum absolute atomic E-state index is 0.183. The Hall–Kier alpha value is -1.07. The lowest BCUT2D eigenvalue weighted by Crippen LogP contribution is -2.15. The second-order valence-corrected chi connectivity index (χ2v) is 6.09. The van der Waals surface area contributed by atoms with Gasteiger partial charge in [-0.2, -0.15) is 0 Å². The van der Waals surface area contributed by atoms with E-state index in [1.54, 1.807) is 32.0 Å². The molecule has 0 fully saturated rings. The molecule has 0 amide bonds. The summed E-state index contributed by atoms with van der Waals surface area (Å²) in [5.41, 5.74) is 6.66. The molecule has 0 radical (unpaired) electrons. The molecular formula is C12H18NO5P. The van der Waals surface area contributed by atoms with Crippen LogP contribution in [0.5, 0.6) is 11.5 Å². The summed E-state index contributed by atoms with van der Waals surface area (Å²) in [5.74, 6) is 0.396. The smallest absolute Gasteiger partial charge is 0.351 e. The fourth-order valence-electron chi connectivity index (χ4n) is 1.84. The van der Waals surface area contributed by atoms with Crippen molar-refractivity contribution >= 4 is 7.60 Å². The van der Waals surface area contributed by atoms with E-state index in [2.05, 4.69) is 0 Å². The van der Waals surface area contributed by atoms with Gasteiger partial charge in [0, 0.05) is 0 Å². The molecule has 1 aliphatic rings. The van der Waals surface area contributed by atoms with Crippen LogP contribution in [0.3, 0.4) is 0 Å². The average Bonchev–Trinajstić information content (AvgIpc) is 2.85. The molecule has 6 nitrogen and oxygen atoms in total. The van der Waals surface area contributed by atoms with Gasteiger partial charge in [0.1, 0.15) is 5.78 Å². The second-order valence-electron chi connectivity index (χ2n) is 3.93. The molecule has 1 atom stereocenters. The molecule has 19 heavy (non-hydrogen) atoms. The normalized spacial score (nSPS) is 15.5. The third-order valence-electron chi connectivity index (χ3n) is 2.70. The van der Waals surface area contributed by atoms with Crippen molar-refractivity contribution in [2.75, 3.05) is 20.0 Å². The summed E-state index contributed by atoms with van der Waals surface area (Å²) in [6.07, 6.45) is 0. The summed E-state index contributed by atoms with van der Waals surface area (Å²) in [4.78, 5) is 0. The Morgan fingerprint density at radius 1 is 1.26 bits per heavy atom. The van der Waals surface area contributed by atoms with Crippen LogP contribution >= 0.6 is 7.60 Å². The number of ether oxygens (including phenoxy) is 2. The van der Waals surface area contributed by atoms with Crippen LogP contribution in [-0.2, 0) is 13.6 Å². The molecule has 2 N–H and O–H groups in total. The predicted octanol–water partition coefficient (Wildman–Crippen LogP) is 2.64. The highest BCUT2D eigenvalue weighted by Gasteiger charge is 2.34. The number of benzene rings is 1. The van der Waals surface area contributed by atoms with Gasteiger partial charge in [0.25, 0.3) is 0 Å². The first-order valence-corrected chi connectivity index (χ1v) is 7.75. The van der Waals surface area contributed by atoms with E-state index in [9.17, 15) is 4.57 Å². The first-order valence-electron chi connectivity index (χ1n) is 6.14. The van der Waals surface area contributed by atoms with Crippen LogP contribution in [0, 0.1) is 0 Å². The minimum atomic E-state index is -3.38. The Balaban J connectivity index is 2.26. The van der Waals surface area contributed by atoms with Gasteiger partial charge in [0.2, 0.25) is 6.79 Å². The zero-order chi connectivity index (χ0) is 13.9. The summed E-state index contributed by atoms with van der Waals surface area (Å²) in [7, 11) is -3.38. The van der Waals surface area contributed by atoms with Crippen molar-refractivity contribution in [3.05, 3.63) is 23.8 Å². The van der Waals surface area contributed by atoms with Gasteiger partial charge >= 0.3 is 7.60 Å². The average molecular weight is 287 g/mol. The van der Waals surface area contributed by atoms with Crippen molar-refractivity contribution in [3.8, 4) is 11.5 Å². The predicted molar refractivity (Wildman–Crippen MR) is 70.4 cm³/mol. The lowest BCUT2D eigenvalue weighted by molar-refractivity contribution is 0.174. The summed E-state index contributed by atoms with van der Waals surface area (Å²) in [6, 6.07) is 5.18. The Kier molecular flexibility index (Phi) is 4.47. The second kappa shape index (κ2) is 5.92. The van der Waals surface area contributed by atoms with Crippen LogP contribution in [0.1, 0.15) is 25.2 Å².